The van der Waals surface area contributed by atoms with Crippen molar-refractivity contribution in [1.82, 2.24) is 9.97 Å². The Morgan fingerprint density at radius 3 is 2.58 bits per heavy atom. The Bertz CT molecular complexity index is 1390. The second-order valence-corrected chi connectivity index (χ2v) is 8.48. The summed E-state index contributed by atoms with van der Waals surface area (Å²) in [5.74, 6) is 0.580. The maximum absolute atomic E-state index is 12.5. The molecule has 4 aromatic rings. The van der Waals surface area contributed by atoms with E-state index >= 15 is 0 Å². The Morgan fingerprint density at radius 1 is 1.10 bits per heavy atom. The van der Waals surface area contributed by atoms with Crippen LogP contribution in [0, 0.1) is 6.92 Å². The number of nitrogens with one attached hydrogen (secondary N) is 1. The second-order valence-electron chi connectivity index (χ2n) is 7.20. The SMILES string of the molecule is Cc1oc2nc[nH]c(=O)c2c1C1=NN(c2ccc(Cl)cc2)C(c2ccc(Cl)cc2Cl)C1. The van der Waals surface area contributed by atoms with Gasteiger partial charge in [-0.05, 0) is 48.9 Å². The molecule has 1 aliphatic rings. The highest BCUT2D eigenvalue weighted by atomic mass is 35.5. The summed E-state index contributed by atoms with van der Waals surface area (Å²) < 4.78 is 5.74. The summed E-state index contributed by atoms with van der Waals surface area (Å²) in [5.41, 5.74) is 3.08. The van der Waals surface area contributed by atoms with Crippen LogP contribution in [0.1, 0.15) is 29.3 Å². The Morgan fingerprint density at radius 2 is 1.84 bits per heavy atom. The molecule has 0 amide bonds. The van der Waals surface area contributed by atoms with Crippen LogP contribution in [-0.2, 0) is 0 Å². The molecule has 0 fully saturated rings. The number of hydrogen-bond acceptors (Lipinski definition) is 5. The van der Waals surface area contributed by atoms with Crippen LogP contribution in [0.15, 0.2) is 63.1 Å². The molecule has 1 aliphatic heterocycles. The standard InChI is InChI=1S/C22H15Cl3N4O2/c1-11-19(20-21(30)26-10-27-22(20)31-11)17-9-18(15-7-4-13(24)8-16(15)25)29(28-17)14-5-2-12(23)3-6-14/h2-8,10,18H,9H2,1H3,(H,26,27,30). The number of benzene rings is 2. The van der Waals surface area contributed by atoms with E-state index in [4.69, 9.17) is 44.3 Å². The number of hydrazone groups is 1. The fourth-order valence-corrected chi connectivity index (χ4v) is 4.57. The Kier molecular flexibility index (Phi) is 5.01. The van der Waals surface area contributed by atoms with Crippen molar-refractivity contribution in [3.8, 4) is 0 Å². The molecular weight excluding hydrogens is 459 g/mol. The lowest BCUT2D eigenvalue weighted by Crippen LogP contribution is -2.18. The molecule has 2 aromatic heterocycles. The molecule has 9 heteroatoms. The van der Waals surface area contributed by atoms with Crippen molar-refractivity contribution in [1.29, 1.82) is 0 Å². The highest BCUT2D eigenvalue weighted by molar-refractivity contribution is 6.35. The molecule has 6 nitrogen and oxygen atoms in total. The van der Waals surface area contributed by atoms with Gasteiger partial charge in [0.05, 0.1) is 29.3 Å². The average Bonchev–Trinajstić information content (AvgIpc) is 3.30. The quantitative estimate of drug-likeness (QED) is 0.388. The predicted molar refractivity (Wildman–Crippen MR) is 124 cm³/mol. The van der Waals surface area contributed by atoms with Crippen LogP contribution in [-0.4, -0.2) is 15.7 Å². The third kappa shape index (κ3) is 3.51. The number of H-pyrrole nitrogens is 1. The van der Waals surface area contributed by atoms with Gasteiger partial charge in [-0.2, -0.15) is 5.10 Å². The highest BCUT2D eigenvalue weighted by Gasteiger charge is 2.34. The van der Waals surface area contributed by atoms with Crippen LogP contribution in [0.2, 0.25) is 15.1 Å². The molecule has 2 aromatic carbocycles. The average molecular weight is 474 g/mol. The van der Waals surface area contributed by atoms with E-state index in [1.807, 2.05) is 23.2 Å². The first kappa shape index (κ1) is 20.1. The first-order valence-electron chi connectivity index (χ1n) is 9.47. The normalized spacial score (nSPS) is 16.2. The summed E-state index contributed by atoms with van der Waals surface area (Å²) >= 11 is 18.7. The molecule has 156 valence electrons. The van der Waals surface area contributed by atoms with Crippen LogP contribution in [0.25, 0.3) is 11.1 Å². The molecule has 0 spiro atoms. The molecular formula is C22H15Cl3N4O2. The van der Waals surface area contributed by atoms with Crippen LogP contribution >= 0.6 is 34.8 Å². The minimum absolute atomic E-state index is 0.207. The minimum Gasteiger partial charge on any atom is -0.442 e. The second kappa shape index (κ2) is 7.71. The summed E-state index contributed by atoms with van der Waals surface area (Å²) in [6.07, 6.45) is 1.83. The fourth-order valence-electron chi connectivity index (χ4n) is 3.91. The number of furan rings is 1. The van der Waals surface area contributed by atoms with Gasteiger partial charge in [0.1, 0.15) is 11.1 Å². The van der Waals surface area contributed by atoms with Gasteiger partial charge >= 0.3 is 0 Å². The van der Waals surface area contributed by atoms with Crippen molar-refractivity contribution in [2.24, 2.45) is 5.10 Å². The zero-order valence-electron chi connectivity index (χ0n) is 16.2. The van der Waals surface area contributed by atoms with E-state index < -0.39 is 0 Å². The maximum atomic E-state index is 12.5. The molecule has 0 saturated carbocycles. The van der Waals surface area contributed by atoms with Gasteiger partial charge in [0.2, 0.25) is 5.71 Å². The molecule has 1 N–H and O–H groups in total. The monoisotopic (exact) mass is 472 g/mol. The predicted octanol–water partition coefficient (Wildman–Crippen LogP) is 6.14. The van der Waals surface area contributed by atoms with Crippen molar-refractivity contribution >= 4 is 57.3 Å². The summed E-state index contributed by atoms with van der Waals surface area (Å²) in [6.45, 7) is 1.80. The topological polar surface area (TPSA) is 74.5 Å². The molecule has 1 atom stereocenters. The fraction of sp³-hybridized carbons (Fsp3) is 0.136. The molecule has 0 saturated heterocycles. The minimum atomic E-state index is -0.273. The van der Waals surface area contributed by atoms with E-state index in [0.717, 1.165) is 11.3 Å². The zero-order valence-corrected chi connectivity index (χ0v) is 18.5. The van der Waals surface area contributed by atoms with Gasteiger partial charge in [-0.25, -0.2) is 4.98 Å². The molecule has 3 heterocycles. The van der Waals surface area contributed by atoms with E-state index in [1.54, 1.807) is 31.2 Å². The lowest BCUT2D eigenvalue weighted by molar-refractivity contribution is 0.565. The lowest BCUT2D eigenvalue weighted by Gasteiger charge is -2.25. The van der Waals surface area contributed by atoms with Gasteiger partial charge in [0, 0.05) is 21.5 Å². The number of rotatable bonds is 3. The summed E-state index contributed by atoms with van der Waals surface area (Å²) in [4.78, 5) is 19.3. The third-order valence-electron chi connectivity index (χ3n) is 5.28. The molecule has 0 aliphatic carbocycles. The lowest BCUT2D eigenvalue weighted by atomic mass is 9.97. The molecule has 0 bridgehead atoms. The first-order valence-corrected chi connectivity index (χ1v) is 10.6. The van der Waals surface area contributed by atoms with Crippen molar-refractivity contribution in [2.45, 2.75) is 19.4 Å². The number of anilines is 1. The number of fused-ring (bicyclic) bond motifs is 1. The Balaban J connectivity index is 1.68. The van der Waals surface area contributed by atoms with Gasteiger partial charge < -0.3 is 9.40 Å². The van der Waals surface area contributed by atoms with Crippen LogP contribution in [0.5, 0.6) is 0 Å². The molecule has 1 unspecified atom stereocenters. The number of aryl methyl sites for hydroxylation is 1. The van der Waals surface area contributed by atoms with Crippen LogP contribution in [0.3, 0.4) is 0 Å². The third-order valence-corrected chi connectivity index (χ3v) is 6.10. The number of halogens is 3. The number of aromatic nitrogens is 2. The Labute approximate surface area is 192 Å². The van der Waals surface area contributed by atoms with Gasteiger partial charge in [-0.3, -0.25) is 9.80 Å². The van der Waals surface area contributed by atoms with Gasteiger partial charge in [0.25, 0.3) is 5.56 Å². The largest absolute Gasteiger partial charge is 0.442 e. The highest BCUT2D eigenvalue weighted by Crippen LogP contribution is 2.41. The van der Waals surface area contributed by atoms with E-state index in [0.29, 0.717) is 43.9 Å². The van der Waals surface area contributed by atoms with Crippen molar-refractivity contribution in [3.05, 3.63) is 91.1 Å². The van der Waals surface area contributed by atoms with E-state index in [9.17, 15) is 4.79 Å². The van der Waals surface area contributed by atoms with E-state index in [-0.39, 0.29) is 17.3 Å². The maximum Gasteiger partial charge on any atom is 0.262 e. The van der Waals surface area contributed by atoms with Crippen molar-refractivity contribution in [2.75, 3.05) is 5.01 Å². The zero-order chi connectivity index (χ0) is 21.7. The van der Waals surface area contributed by atoms with E-state index in [2.05, 4.69) is 9.97 Å². The number of nitrogens with zero attached hydrogens (tertiary/aromatic N) is 3. The van der Waals surface area contributed by atoms with Crippen molar-refractivity contribution < 1.29 is 4.42 Å². The van der Waals surface area contributed by atoms with Crippen molar-refractivity contribution in [3.63, 3.8) is 0 Å². The smallest absolute Gasteiger partial charge is 0.262 e. The van der Waals surface area contributed by atoms with E-state index in [1.165, 1.54) is 6.33 Å². The van der Waals surface area contributed by atoms with Gasteiger partial charge in [-0.1, -0.05) is 40.9 Å². The van der Waals surface area contributed by atoms with Gasteiger partial charge in [-0.15, -0.1) is 0 Å². The molecule has 5 rings (SSSR count). The molecule has 0 radical (unpaired) electrons. The summed E-state index contributed by atoms with van der Waals surface area (Å²) in [5, 5.41) is 8.87. The number of hydrogen-bond donors (Lipinski definition) is 1. The Hall–Kier alpha value is -2.80. The summed E-state index contributed by atoms with van der Waals surface area (Å²) in [7, 11) is 0. The van der Waals surface area contributed by atoms with Gasteiger partial charge in [0.15, 0.2) is 0 Å². The van der Waals surface area contributed by atoms with Crippen LogP contribution < -0.4 is 10.6 Å². The number of aromatic amines is 1. The first-order chi connectivity index (χ1) is 14.9. The molecule has 31 heavy (non-hydrogen) atoms. The van der Waals surface area contributed by atoms with Crippen LogP contribution in [0.4, 0.5) is 5.69 Å². The summed E-state index contributed by atoms with van der Waals surface area (Å²) in [6, 6.07) is 12.6.